The van der Waals surface area contributed by atoms with Gasteiger partial charge in [-0.1, -0.05) is 17.7 Å². The molecule has 2 heterocycles. The number of hydrogen-bond acceptors (Lipinski definition) is 5. The summed E-state index contributed by atoms with van der Waals surface area (Å²) in [6, 6.07) is 12.4. The van der Waals surface area contributed by atoms with Gasteiger partial charge in [-0.3, -0.25) is 4.79 Å². The molecule has 1 N–H and O–H groups in total. The van der Waals surface area contributed by atoms with Crippen LogP contribution in [0.2, 0.25) is 5.02 Å². The van der Waals surface area contributed by atoms with Gasteiger partial charge in [0, 0.05) is 16.6 Å². The first-order chi connectivity index (χ1) is 11.2. The summed E-state index contributed by atoms with van der Waals surface area (Å²) in [7, 11) is 0. The van der Waals surface area contributed by atoms with Crippen LogP contribution in [-0.2, 0) is 6.61 Å². The fourth-order valence-corrected chi connectivity index (χ4v) is 2.59. The van der Waals surface area contributed by atoms with Crippen molar-refractivity contribution < 1.29 is 9.53 Å². The van der Waals surface area contributed by atoms with E-state index in [2.05, 4.69) is 15.3 Å². The van der Waals surface area contributed by atoms with Crippen LogP contribution in [0.1, 0.15) is 15.5 Å². The molecule has 0 radical (unpaired) electrons. The number of benzene rings is 1. The van der Waals surface area contributed by atoms with Crippen molar-refractivity contribution in [2.24, 2.45) is 0 Å². The van der Waals surface area contributed by atoms with Crippen molar-refractivity contribution in [1.82, 2.24) is 9.97 Å². The number of rotatable bonds is 5. The number of hydrogen-bond donors (Lipinski definition) is 1. The molecular formula is C16H12ClN3O2S. The molecule has 0 aliphatic carbocycles. The Morgan fingerprint density at radius 2 is 2.04 bits per heavy atom. The Morgan fingerprint density at radius 1 is 1.22 bits per heavy atom. The zero-order valence-corrected chi connectivity index (χ0v) is 13.5. The lowest BCUT2D eigenvalue weighted by Crippen LogP contribution is -2.13. The van der Waals surface area contributed by atoms with Gasteiger partial charge in [0.05, 0.1) is 0 Å². The van der Waals surface area contributed by atoms with Gasteiger partial charge in [-0.25, -0.2) is 9.97 Å². The standard InChI is InChI=1S/C16H12ClN3O2S/c17-11-4-6-12(7-5-11)22-9-15-19-13(10-23-15)16(21)20-14-3-1-2-8-18-14/h1-8,10H,9H2,(H,18,20,21). The molecule has 0 aliphatic heterocycles. The second kappa shape index (κ2) is 7.21. The number of carbonyl (C=O) groups excluding carboxylic acids is 1. The van der Waals surface area contributed by atoms with Crippen molar-refractivity contribution in [2.45, 2.75) is 6.61 Å². The van der Waals surface area contributed by atoms with E-state index in [1.54, 1.807) is 54.0 Å². The topological polar surface area (TPSA) is 64.1 Å². The minimum absolute atomic E-state index is 0.294. The van der Waals surface area contributed by atoms with Crippen molar-refractivity contribution in [2.75, 3.05) is 5.32 Å². The van der Waals surface area contributed by atoms with Crippen LogP contribution in [0.3, 0.4) is 0 Å². The van der Waals surface area contributed by atoms with Crippen molar-refractivity contribution in [1.29, 1.82) is 0 Å². The molecule has 0 aliphatic rings. The zero-order valence-electron chi connectivity index (χ0n) is 11.9. The molecule has 0 bridgehead atoms. The summed E-state index contributed by atoms with van der Waals surface area (Å²) in [5.41, 5.74) is 0.343. The first-order valence-corrected chi connectivity index (χ1v) is 8.01. The summed E-state index contributed by atoms with van der Waals surface area (Å²) in [6.45, 7) is 0.295. The molecule has 0 saturated heterocycles. The van der Waals surface area contributed by atoms with E-state index in [4.69, 9.17) is 16.3 Å². The smallest absolute Gasteiger partial charge is 0.276 e. The highest BCUT2D eigenvalue weighted by molar-refractivity contribution is 7.09. The van der Waals surface area contributed by atoms with E-state index in [0.717, 1.165) is 0 Å². The number of anilines is 1. The van der Waals surface area contributed by atoms with Gasteiger partial charge < -0.3 is 10.1 Å². The summed E-state index contributed by atoms with van der Waals surface area (Å²) in [6.07, 6.45) is 1.61. The Hall–Kier alpha value is -2.44. The molecule has 23 heavy (non-hydrogen) atoms. The fraction of sp³-hybridized carbons (Fsp3) is 0.0625. The average Bonchev–Trinajstić information content (AvgIpc) is 3.04. The van der Waals surface area contributed by atoms with Crippen molar-refractivity contribution in [3.63, 3.8) is 0 Å². The number of halogens is 1. The number of ether oxygens (including phenoxy) is 1. The lowest BCUT2D eigenvalue weighted by molar-refractivity contribution is 0.102. The highest BCUT2D eigenvalue weighted by Crippen LogP contribution is 2.18. The van der Waals surface area contributed by atoms with Crippen LogP contribution < -0.4 is 10.1 Å². The monoisotopic (exact) mass is 345 g/mol. The van der Waals surface area contributed by atoms with Crippen molar-refractivity contribution >= 4 is 34.7 Å². The van der Waals surface area contributed by atoms with Crippen LogP contribution in [0.4, 0.5) is 5.82 Å². The lowest BCUT2D eigenvalue weighted by Gasteiger charge is -2.03. The van der Waals surface area contributed by atoms with Gasteiger partial charge in [-0.15, -0.1) is 11.3 Å². The Kier molecular flexibility index (Phi) is 4.85. The molecule has 1 amide bonds. The summed E-state index contributed by atoms with van der Waals surface area (Å²) >= 11 is 7.19. The molecule has 3 rings (SSSR count). The number of aromatic nitrogens is 2. The number of thiazole rings is 1. The minimum atomic E-state index is -0.294. The molecule has 0 atom stereocenters. The molecule has 1 aromatic carbocycles. The van der Waals surface area contributed by atoms with Crippen LogP contribution in [0.25, 0.3) is 0 Å². The van der Waals surface area contributed by atoms with E-state index >= 15 is 0 Å². The summed E-state index contributed by atoms with van der Waals surface area (Å²) in [5, 5.41) is 5.75. The third-order valence-corrected chi connectivity index (χ3v) is 3.94. The van der Waals surface area contributed by atoms with Gasteiger partial charge >= 0.3 is 0 Å². The van der Waals surface area contributed by atoms with Crippen LogP contribution in [0.15, 0.2) is 54.0 Å². The predicted molar refractivity (Wildman–Crippen MR) is 90.1 cm³/mol. The fourth-order valence-electron chi connectivity index (χ4n) is 1.77. The SMILES string of the molecule is O=C(Nc1ccccn1)c1csc(COc2ccc(Cl)cc2)n1. The molecule has 7 heteroatoms. The Morgan fingerprint density at radius 3 is 2.78 bits per heavy atom. The molecule has 0 fully saturated rings. The van der Waals surface area contributed by atoms with Crippen LogP contribution in [0, 0.1) is 0 Å². The van der Waals surface area contributed by atoms with E-state index < -0.39 is 0 Å². The number of carbonyl (C=O) groups is 1. The van der Waals surface area contributed by atoms with E-state index in [9.17, 15) is 4.79 Å². The maximum Gasteiger partial charge on any atom is 0.276 e. The highest BCUT2D eigenvalue weighted by atomic mass is 35.5. The number of nitrogens with zero attached hydrogens (tertiary/aromatic N) is 2. The maximum absolute atomic E-state index is 12.1. The van der Waals surface area contributed by atoms with Crippen LogP contribution in [-0.4, -0.2) is 15.9 Å². The van der Waals surface area contributed by atoms with E-state index in [-0.39, 0.29) is 5.91 Å². The largest absolute Gasteiger partial charge is 0.486 e. The van der Waals surface area contributed by atoms with Gasteiger partial charge in [-0.05, 0) is 36.4 Å². The Labute approximate surface area is 141 Å². The Bertz CT molecular complexity index is 791. The number of nitrogens with one attached hydrogen (secondary N) is 1. The molecule has 5 nitrogen and oxygen atoms in total. The van der Waals surface area contributed by atoms with Crippen LogP contribution in [0.5, 0.6) is 5.75 Å². The van der Waals surface area contributed by atoms with Gasteiger partial charge in [0.1, 0.15) is 28.9 Å². The molecule has 0 unspecified atom stereocenters. The molecule has 0 saturated carbocycles. The first kappa shape index (κ1) is 15.5. The van der Waals surface area contributed by atoms with Crippen molar-refractivity contribution in [3.8, 4) is 5.75 Å². The third kappa shape index (κ3) is 4.28. The summed E-state index contributed by atoms with van der Waals surface area (Å²) in [4.78, 5) is 20.4. The van der Waals surface area contributed by atoms with E-state index in [1.807, 2.05) is 0 Å². The quantitative estimate of drug-likeness (QED) is 0.758. The normalized spacial score (nSPS) is 10.3. The zero-order chi connectivity index (χ0) is 16.1. The molecule has 0 spiro atoms. The highest BCUT2D eigenvalue weighted by Gasteiger charge is 2.11. The molecule has 2 aromatic heterocycles. The van der Waals surface area contributed by atoms with Crippen LogP contribution >= 0.6 is 22.9 Å². The molecule has 3 aromatic rings. The average molecular weight is 346 g/mol. The second-order valence-corrected chi connectivity index (χ2v) is 5.92. The minimum Gasteiger partial charge on any atom is -0.486 e. The third-order valence-electron chi connectivity index (χ3n) is 2.87. The lowest BCUT2D eigenvalue weighted by atomic mass is 10.3. The van der Waals surface area contributed by atoms with Gasteiger partial charge in [0.2, 0.25) is 0 Å². The number of pyridine rings is 1. The van der Waals surface area contributed by atoms with Gasteiger partial charge in [0.15, 0.2) is 0 Å². The second-order valence-electron chi connectivity index (χ2n) is 4.54. The van der Waals surface area contributed by atoms with Gasteiger partial charge in [0.25, 0.3) is 5.91 Å². The van der Waals surface area contributed by atoms with Crippen molar-refractivity contribution in [3.05, 3.63) is 69.8 Å². The summed E-state index contributed by atoms with van der Waals surface area (Å²) in [5.74, 6) is 0.895. The van der Waals surface area contributed by atoms with E-state index in [0.29, 0.717) is 33.9 Å². The summed E-state index contributed by atoms with van der Waals surface area (Å²) < 4.78 is 5.60. The Balaban J connectivity index is 1.59. The van der Waals surface area contributed by atoms with Gasteiger partial charge in [-0.2, -0.15) is 0 Å². The molecule has 116 valence electrons. The molecular weight excluding hydrogens is 334 g/mol. The first-order valence-electron chi connectivity index (χ1n) is 6.76. The number of amides is 1. The predicted octanol–water partition coefficient (Wildman–Crippen LogP) is 4.02. The maximum atomic E-state index is 12.1. The van der Waals surface area contributed by atoms with E-state index in [1.165, 1.54) is 11.3 Å².